The van der Waals surface area contributed by atoms with Crippen molar-refractivity contribution in [1.29, 1.82) is 0 Å². The lowest BCUT2D eigenvalue weighted by atomic mass is 9.89. The molecule has 0 aliphatic carbocycles. The quantitative estimate of drug-likeness (QED) is 0.295. The molecule has 2 N–H and O–H groups in total. The molecule has 242 valence electrons. The SMILES string of the molecule is CCC(C)C(C(CC(=O)N1CCC[C@H]1C(OC)C(C)C(=O)O)OC)N(C)C(=O)C(NC(=O)[C@@H]1CCCCN1C)C(C)C. The lowest BCUT2D eigenvalue weighted by molar-refractivity contribution is -0.152. The van der Waals surface area contributed by atoms with E-state index in [2.05, 4.69) is 10.2 Å². The van der Waals surface area contributed by atoms with Gasteiger partial charge < -0.3 is 29.7 Å². The van der Waals surface area contributed by atoms with Gasteiger partial charge in [-0.05, 0) is 58.0 Å². The molecule has 0 saturated carbocycles. The van der Waals surface area contributed by atoms with Gasteiger partial charge in [0.05, 0.1) is 42.7 Å². The number of amides is 3. The predicted octanol–water partition coefficient (Wildman–Crippen LogP) is 2.62. The molecule has 2 rings (SSSR count). The van der Waals surface area contributed by atoms with E-state index >= 15 is 0 Å². The number of nitrogens with zero attached hydrogens (tertiary/aromatic N) is 3. The number of piperidine rings is 1. The van der Waals surface area contributed by atoms with Crippen LogP contribution < -0.4 is 5.32 Å². The maximum absolute atomic E-state index is 14.0. The van der Waals surface area contributed by atoms with E-state index in [9.17, 15) is 24.3 Å². The van der Waals surface area contributed by atoms with E-state index in [1.807, 2.05) is 34.7 Å². The number of rotatable bonds is 15. The van der Waals surface area contributed by atoms with Gasteiger partial charge in [-0.15, -0.1) is 0 Å². The average Bonchev–Trinajstić information content (AvgIpc) is 3.44. The summed E-state index contributed by atoms with van der Waals surface area (Å²) >= 11 is 0. The van der Waals surface area contributed by atoms with Crippen molar-refractivity contribution < 1.29 is 33.8 Å². The minimum atomic E-state index is -0.963. The predicted molar refractivity (Wildman–Crippen MR) is 161 cm³/mol. The summed E-state index contributed by atoms with van der Waals surface area (Å²) in [6, 6.07) is -1.71. The van der Waals surface area contributed by atoms with Crippen molar-refractivity contribution in [2.24, 2.45) is 17.8 Å². The van der Waals surface area contributed by atoms with Crippen LogP contribution in [0.2, 0.25) is 0 Å². The first-order valence-corrected chi connectivity index (χ1v) is 15.7. The highest BCUT2D eigenvalue weighted by molar-refractivity contribution is 5.90. The van der Waals surface area contributed by atoms with Crippen LogP contribution in [0.5, 0.6) is 0 Å². The maximum atomic E-state index is 14.0. The monoisotopic (exact) mass is 596 g/mol. The van der Waals surface area contributed by atoms with Gasteiger partial charge in [-0.25, -0.2) is 0 Å². The fourth-order valence-corrected chi connectivity index (χ4v) is 6.69. The lowest BCUT2D eigenvalue weighted by Crippen LogP contribution is -2.59. The molecular formula is C31H56N4O7. The van der Waals surface area contributed by atoms with Gasteiger partial charge in [0.15, 0.2) is 0 Å². The minimum absolute atomic E-state index is 0.0119. The van der Waals surface area contributed by atoms with Crippen molar-refractivity contribution in [1.82, 2.24) is 20.0 Å². The Morgan fingerprint density at radius 1 is 1.00 bits per heavy atom. The molecule has 0 radical (unpaired) electrons. The number of aliphatic carboxylic acids is 1. The van der Waals surface area contributed by atoms with Gasteiger partial charge in [0.25, 0.3) is 0 Å². The first kappa shape index (κ1) is 36.0. The fraction of sp³-hybridized carbons (Fsp3) is 0.871. The molecular weight excluding hydrogens is 540 g/mol. The summed E-state index contributed by atoms with van der Waals surface area (Å²) in [4.78, 5) is 58.1. The van der Waals surface area contributed by atoms with Crippen LogP contribution in [0.4, 0.5) is 0 Å². The third kappa shape index (κ3) is 8.66. The number of carboxylic acids is 1. The largest absolute Gasteiger partial charge is 0.481 e. The second-order valence-electron chi connectivity index (χ2n) is 12.6. The first-order chi connectivity index (χ1) is 19.8. The van der Waals surface area contributed by atoms with Gasteiger partial charge in [0.2, 0.25) is 17.7 Å². The second kappa shape index (κ2) is 16.6. The second-order valence-corrected chi connectivity index (χ2v) is 12.6. The third-order valence-corrected chi connectivity index (χ3v) is 9.54. The van der Waals surface area contributed by atoms with Crippen molar-refractivity contribution in [3.63, 3.8) is 0 Å². The molecule has 8 atom stereocenters. The van der Waals surface area contributed by atoms with Gasteiger partial charge in [-0.2, -0.15) is 0 Å². The van der Waals surface area contributed by atoms with E-state index in [-0.39, 0.29) is 48.1 Å². The van der Waals surface area contributed by atoms with E-state index in [1.165, 1.54) is 7.11 Å². The Hall–Kier alpha value is -2.24. The standard InChI is InChI=1S/C31H56N4O7/c1-10-20(4)27(34(7)30(38)26(19(2)3)32-29(37)23-14-11-12-16-33(23)6)24(41-8)18-25(36)35-17-13-15-22(35)28(42-9)21(5)31(39)40/h19-24,26-28H,10-18H2,1-9H3,(H,32,37)(H,39,40)/t20?,21?,22-,23-,24?,26?,27?,28?/m0/s1. The normalized spacial score (nSPS) is 24.0. The molecule has 2 aliphatic heterocycles. The molecule has 2 aliphatic rings. The Kier molecular flexibility index (Phi) is 14.2. The number of carbonyl (C=O) groups excluding carboxylic acids is 3. The van der Waals surface area contributed by atoms with E-state index in [4.69, 9.17) is 9.47 Å². The number of hydrogen-bond donors (Lipinski definition) is 2. The molecule has 0 aromatic carbocycles. The number of nitrogens with one attached hydrogen (secondary N) is 1. The van der Waals surface area contributed by atoms with Crippen LogP contribution in [-0.2, 0) is 28.7 Å². The zero-order valence-corrected chi connectivity index (χ0v) is 27.3. The van der Waals surface area contributed by atoms with Crippen LogP contribution >= 0.6 is 0 Å². The summed E-state index contributed by atoms with van der Waals surface area (Å²) in [5.74, 6) is -2.32. The molecule has 0 bridgehead atoms. The summed E-state index contributed by atoms with van der Waals surface area (Å²) in [5.41, 5.74) is 0. The van der Waals surface area contributed by atoms with Gasteiger partial charge in [-0.3, -0.25) is 24.1 Å². The summed E-state index contributed by atoms with van der Waals surface area (Å²) in [6.07, 6.45) is 3.84. The molecule has 11 heteroatoms. The highest BCUT2D eigenvalue weighted by Gasteiger charge is 2.43. The van der Waals surface area contributed by atoms with Gasteiger partial charge >= 0.3 is 5.97 Å². The maximum Gasteiger partial charge on any atom is 0.308 e. The van der Waals surface area contributed by atoms with Crippen LogP contribution in [-0.4, -0.2) is 121 Å². The number of likely N-dealkylation sites (tertiary alicyclic amines) is 2. The van der Waals surface area contributed by atoms with Crippen LogP contribution in [0, 0.1) is 17.8 Å². The van der Waals surface area contributed by atoms with Crippen LogP contribution in [0.15, 0.2) is 0 Å². The van der Waals surface area contributed by atoms with Crippen molar-refractivity contribution >= 4 is 23.7 Å². The van der Waals surface area contributed by atoms with Crippen molar-refractivity contribution in [3.8, 4) is 0 Å². The molecule has 42 heavy (non-hydrogen) atoms. The Morgan fingerprint density at radius 2 is 1.67 bits per heavy atom. The zero-order valence-electron chi connectivity index (χ0n) is 27.3. The summed E-state index contributed by atoms with van der Waals surface area (Å²) in [7, 11) is 6.72. The smallest absolute Gasteiger partial charge is 0.308 e. The molecule has 0 spiro atoms. The Balaban J connectivity index is 2.25. The summed E-state index contributed by atoms with van der Waals surface area (Å²) in [6.45, 7) is 10.9. The molecule has 11 nitrogen and oxygen atoms in total. The highest BCUT2D eigenvalue weighted by Crippen LogP contribution is 2.29. The van der Waals surface area contributed by atoms with Gasteiger partial charge in [-0.1, -0.05) is 40.5 Å². The molecule has 6 unspecified atom stereocenters. The fourth-order valence-electron chi connectivity index (χ4n) is 6.69. The Morgan fingerprint density at radius 3 is 2.19 bits per heavy atom. The molecule has 2 fully saturated rings. The van der Waals surface area contributed by atoms with Crippen LogP contribution in [0.25, 0.3) is 0 Å². The Bertz CT molecular complexity index is 916. The number of carboxylic acid groups (broad SMARTS) is 1. The van der Waals surface area contributed by atoms with E-state index < -0.39 is 36.2 Å². The number of carbonyl (C=O) groups is 4. The van der Waals surface area contributed by atoms with E-state index in [0.29, 0.717) is 13.0 Å². The summed E-state index contributed by atoms with van der Waals surface area (Å²) < 4.78 is 11.5. The highest BCUT2D eigenvalue weighted by atomic mass is 16.5. The topological polar surface area (TPSA) is 129 Å². The van der Waals surface area contributed by atoms with Gasteiger partial charge in [0.1, 0.15) is 6.04 Å². The number of likely N-dealkylation sites (N-methyl/N-ethyl adjacent to an activating group) is 2. The number of methoxy groups -OCH3 is 2. The van der Waals surface area contributed by atoms with Crippen molar-refractivity contribution in [2.75, 3.05) is 41.4 Å². The molecule has 2 saturated heterocycles. The van der Waals surface area contributed by atoms with Crippen molar-refractivity contribution in [3.05, 3.63) is 0 Å². The lowest BCUT2D eigenvalue weighted by Gasteiger charge is -2.41. The average molecular weight is 597 g/mol. The molecule has 3 amide bonds. The van der Waals surface area contributed by atoms with Gasteiger partial charge in [0, 0.05) is 27.8 Å². The first-order valence-electron chi connectivity index (χ1n) is 15.7. The zero-order chi connectivity index (χ0) is 31.7. The minimum Gasteiger partial charge on any atom is -0.481 e. The summed E-state index contributed by atoms with van der Waals surface area (Å²) in [5, 5.41) is 12.6. The molecule has 0 aromatic rings. The molecule has 0 aromatic heterocycles. The van der Waals surface area contributed by atoms with E-state index in [0.717, 1.165) is 38.6 Å². The van der Waals surface area contributed by atoms with Crippen molar-refractivity contribution in [2.45, 2.75) is 116 Å². The van der Waals surface area contributed by atoms with Crippen LogP contribution in [0.3, 0.4) is 0 Å². The number of ether oxygens (including phenoxy) is 2. The third-order valence-electron chi connectivity index (χ3n) is 9.54. The number of hydrogen-bond acceptors (Lipinski definition) is 7. The Labute approximate surface area is 252 Å². The molecule has 2 heterocycles. The van der Waals surface area contributed by atoms with Crippen LogP contribution in [0.1, 0.15) is 79.6 Å². The van der Waals surface area contributed by atoms with E-state index in [1.54, 1.807) is 30.9 Å².